The van der Waals surface area contributed by atoms with Crippen molar-refractivity contribution in [3.8, 4) is 5.75 Å². The Hall–Kier alpha value is -2.53. The molecule has 5 heteroatoms. The molecule has 0 saturated carbocycles. The van der Waals surface area contributed by atoms with Crippen molar-refractivity contribution in [2.75, 3.05) is 5.43 Å². The van der Waals surface area contributed by atoms with Gasteiger partial charge in [-0.1, -0.05) is 36.4 Å². The Morgan fingerprint density at radius 2 is 1.81 bits per heavy atom. The molecule has 0 aliphatic rings. The van der Waals surface area contributed by atoms with Crippen molar-refractivity contribution in [1.82, 2.24) is 5.43 Å². The Bertz CT molecular complexity index is 587. The molecule has 0 saturated heterocycles. The van der Waals surface area contributed by atoms with Crippen LogP contribution in [0.3, 0.4) is 0 Å². The maximum absolute atomic E-state index is 10.9. The zero-order valence-corrected chi connectivity index (χ0v) is 11.7. The summed E-state index contributed by atoms with van der Waals surface area (Å²) < 4.78 is 5.44. The highest BCUT2D eigenvalue weighted by Crippen LogP contribution is 2.19. The number of nitrogens with one attached hydrogen (secondary N) is 2. The van der Waals surface area contributed by atoms with Crippen LogP contribution in [-0.2, 0) is 11.3 Å². The number of aliphatic carboxylic acids is 1. The zero-order chi connectivity index (χ0) is 15.1. The summed E-state index contributed by atoms with van der Waals surface area (Å²) in [5.74, 6) is -0.421. The van der Waals surface area contributed by atoms with Crippen LogP contribution in [0, 0.1) is 0 Å². The van der Waals surface area contributed by atoms with E-state index in [-0.39, 0.29) is 0 Å². The molecule has 1 unspecified atom stereocenters. The second kappa shape index (κ2) is 7.31. The van der Waals surface area contributed by atoms with Gasteiger partial charge in [-0.15, -0.1) is 0 Å². The molecule has 2 aromatic rings. The molecule has 3 N–H and O–H groups in total. The number of hydrogen-bond donors (Lipinski definition) is 3. The SMILES string of the molecule is CC(Oc1ccccc1CNNc1ccccc1)C(=O)O. The average molecular weight is 286 g/mol. The Balaban J connectivity index is 1.95. The van der Waals surface area contributed by atoms with Gasteiger partial charge in [-0.3, -0.25) is 0 Å². The third-order valence-electron chi connectivity index (χ3n) is 2.91. The molecule has 0 spiro atoms. The minimum Gasteiger partial charge on any atom is -0.479 e. The first-order chi connectivity index (χ1) is 10.2. The number of anilines is 1. The second-order valence-corrected chi connectivity index (χ2v) is 4.55. The fourth-order valence-electron chi connectivity index (χ4n) is 1.77. The van der Waals surface area contributed by atoms with Crippen LogP contribution < -0.4 is 15.6 Å². The van der Waals surface area contributed by atoms with Gasteiger partial charge in [-0.25, -0.2) is 10.2 Å². The number of benzene rings is 2. The van der Waals surface area contributed by atoms with E-state index in [9.17, 15) is 4.79 Å². The fourth-order valence-corrected chi connectivity index (χ4v) is 1.77. The third kappa shape index (κ3) is 4.50. The predicted octanol–water partition coefficient (Wildman–Crippen LogP) is 2.66. The number of carboxylic acids is 1. The van der Waals surface area contributed by atoms with Gasteiger partial charge in [0, 0.05) is 17.8 Å². The molecule has 5 nitrogen and oxygen atoms in total. The molecule has 0 aromatic heterocycles. The van der Waals surface area contributed by atoms with Crippen LogP contribution in [0.25, 0.3) is 0 Å². The van der Waals surface area contributed by atoms with Crippen LogP contribution in [0.15, 0.2) is 54.6 Å². The van der Waals surface area contributed by atoms with Gasteiger partial charge in [-0.05, 0) is 25.1 Å². The lowest BCUT2D eigenvalue weighted by molar-refractivity contribution is -0.144. The molecular formula is C16H18N2O3. The maximum Gasteiger partial charge on any atom is 0.344 e. The van der Waals surface area contributed by atoms with Crippen molar-refractivity contribution in [3.63, 3.8) is 0 Å². The molecule has 0 aliphatic carbocycles. The first kappa shape index (κ1) is 14.9. The highest BCUT2D eigenvalue weighted by molar-refractivity contribution is 5.72. The second-order valence-electron chi connectivity index (χ2n) is 4.55. The summed E-state index contributed by atoms with van der Waals surface area (Å²) in [6, 6.07) is 17.1. The van der Waals surface area contributed by atoms with Crippen molar-refractivity contribution in [1.29, 1.82) is 0 Å². The van der Waals surface area contributed by atoms with Crippen LogP contribution in [0.5, 0.6) is 5.75 Å². The first-order valence-corrected chi connectivity index (χ1v) is 6.68. The minimum atomic E-state index is -0.986. The fraction of sp³-hybridized carbons (Fsp3) is 0.188. The lowest BCUT2D eigenvalue weighted by Crippen LogP contribution is -2.25. The Morgan fingerprint density at radius 1 is 1.14 bits per heavy atom. The van der Waals surface area contributed by atoms with Gasteiger partial charge in [0.05, 0.1) is 0 Å². The lowest BCUT2D eigenvalue weighted by atomic mass is 10.2. The summed E-state index contributed by atoms with van der Waals surface area (Å²) in [7, 11) is 0. The van der Waals surface area contributed by atoms with E-state index in [1.165, 1.54) is 6.92 Å². The van der Waals surface area contributed by atoms with Gasteiger partial charge in [0.25, 0.3) is 0 Å². The monoisotopic (exact) mass is 286 g/mol. The lowest BCUT2D eigenvalue weighted by Gasteiger charge is -2.15. The van der Waals surface area contributed by atoms with E-state index in [2.05, 4.69) is 10.9 Å². The Morgan fingerprint density at radius 3 is 2.52 bits per heavy atom. The van der Waals surface area contributed by atoms with Crippen molar-refractivity contribution in [3.05, 3.63) is 60.2 Å². The summed E-state index contributed by atoms with van der Waals surface area (Å²) in [6.07, 6.45) is -0.881. The molecular weight excluding hydrogens is 268 g/mol. The van der Waals surface area contributed by atoms with Gasteiger partial charge in [0.1, 0.15) is 5.75 Å². The summed E-state index contributed by atoms with van der Waals surface area (Å²) in [5.41, 5.74) is 7.99. The van der Waals surface area contributed by atoms with Crippen molar-refractivity contribution >= 4 is 11.7 Å². The number of carbonyl (C=O) groups is 1. The number of carboxylic acid groups (broad SMARTS) is 1. The zero-order valence-electron chi connectivity index (χ0n) is 11.7. The van der Waals surface area contributed by atoms with E-state index in [0.29, 0.717) is 12.3 Å². The van der Waals surface area contributed by atoms with Crippen LogP contribution in [0.1, 0.15) is 12.5 Å². The molecule has 1 atom stereocenters. The minimum absolute atomic E-state index is 0.511. The van der Waals surface area contributed by atoms with Gasteiger partial charge in [0.15, 0.2) is 6.10 Å². The highest BCUT2D eigenvalue weighted by Gasteiger charge is 2.14. The molecule has 0 heterocycles. The topological polar surface area (TPSA) is 70.6 Å². The van der Waals surface area contributed by atoms with Crippen molar-refractivity contribution in [2.45, 2.75) is 19.6 Å². The van der Waals surface area contributed by atoms with E-state index >= 15 is 0 Å². The first-order valence-electron chi connectivity index (χ1n) is 6.68. The Labute approximate surface area is 123 Å². The van der Waals surface area contributed by atoms with Crippen LogP contribution >= 0.6 is 0 Å². The Kier molecular flexibility index (Phi) is 5.17. The van der Waals surface area contributed by atoms with Crippen LogP contribution in [0.4, 0.5) is 5.69 Å². The van der Waals surface area contributed by atoms with Gasteiger partial charge in [-0.2, -0.15) is 0 Å². The number of rotatable bonds is 7. The highest BCUT2D eigenvalue weighted by atomic mass is 16.5. The van der Waals surface area contributed by atoms with Crippen LogP contribution in [-0.4, -0.2) is 17.2 Å². The summed E-state index contributed by atoms with van der Waals surface area (Å²) in [6.45, 7) is 2.02. The molecule has 21 heavy (non-hydrogen) atoms. The normalized spacial score (nSPS) is 11.7. The molecule has 0 amide bonds. The predicted molar refractivity (Wildman–Crippen MR) is 81.1 cm³/mol. The van der Waals surface area contributed by atoms with Gasteiger partial charge >= 0.3 is 5.97 Å². The smallest absolute Gasteiger partial charge is 0.344 e. The quantitative estimate of drug-likeness (QED) is 0.683. The van der Waals surface area contributed by atoms with E-state index in [4.69, 9.17) is 9.84 Å². The maximum atomic E-state index is 10.9. The number of hydrogen-bond acceptors (Lipinski definition) is 4. The largest absolute Gasteiger partial charge is 0.479 e. The third-order valence-corrected chi connectivity index (χ3v) is 2.91. The van der Waals surface area contributed by atoms with Gasteiger partial charge in [0.2, 0.25) is 0 Å². The number of para-hydroxylation sites is 2. The summed E-state index contributed by atoms with van der Waals surface area (Å²) in [5, 5.41) is 8.91. The summed E-state index contributed by atoms with van der Waals surface area (Å²) in [4.78, 5) is 10.9. The van der Waals surface area contributed by atoms with Crippen molar-refractivity contribution < 1.29 is 14.6 Å². The molecule has 110 valence electrons. The van der Waals surface area contributed by atoms with Crippen LogP contribution in [0.2, 0.25) is 0 Å². The van der Waals surface area contributed by atoms with E-state index < -0.39 is 12.1 Å². The molecule has 0 bridgehead atoms. The number of ether oxygens (including phenoxy) is 1. The van der Waals surface area contributed by atoms with E-state index in [0.717, 1.165) is 11.3 Å². The van der Waals surface area contributed by atoms with Gasteiger partial charge < -0.3 is 15.3 Å². The molecule has 0 radical (unpaired) electrons. The summed E-state index contributed by atoms with van der Waals surface area (Å²) >= 11 is 0. The van der Waals surface area contributed by atoms with E-state index in [1.807, 2.05) is 48.5 Å². The molecule has 0 aliphatic heterocycles. The van der Waals surface area contributed by atoms with E-state index in [1.54, 1.807) is 6.07 Å². The average Bonchev–Trinajstić information content (AvgIpc) is 2.50. The van der Waals surface area contributed by atoms with Crippen molar-refractivity contribution in [2.24, 2.45) is 0 Å². The molecule has 2 aromatic carbocycles. The molecule has 2 rings (SSSR count). The number of hydrazine groups is 1. The standard InChI is InChI=1S/C16H18N2O3/c1-12(16(19)20)21-15-10-6-5-7-13(15)11-17-18-14-8-3-2-4-9-14/h2-10,12,17-18H,11H2,1H3,(H,19,20). The molecule has 0 fully saturated rings.